The topological polar surface area (TPSA) is 79.8 Å². The molecule has 1 aromatic carbocycles. The number of hydrogen-bond acceptors (Lipinski definition) is 5. The second kappa shape index (κ2) is 6.87. The maximum absolute atomic E-state index is 12.4. The zero-order chi connectivity index (χ0) is 17.1. The summed E-state index contributed by atoms with van der Waals surface area (Å²) in [7, 11) is 1.46. The zero-order valence-corrected chi connectivity index (χ0v) is 14.1. The van der Waals surface area contributed by atoms with Crippen LogP contribution in [0.1, 0.15) is 25.5 Å². The number of phenols is 1. The van der Waals surface area contributed by atoms with E-state index < -0.39 is 17.9 Å². The lowest BCUT2D eigenvalue weighted by atomic mass is 9.89. The van der Waals surface area contributed by atoms with Gasteiger partial charge in [-0.25, -0.2) is 0 Å². The molecule has 0 amide bonds. The summed E-state index contributed by atoms with van der Waals surface area (Å²) in [6, 6.07) is 4.40. The highest BCUT2D eigenvalue weighted by Gasteiger charge is 2.38. The number of carbonyl (C=O) groups excluding carboxylic acids is 1. The third kappa shape index (κ3) is 3.73. The van der Waals surface area contributed by atoms with Crippen LogP contribution in [0.3, 0.4) is 0 Å². The molecule has 1 fully saturated rings. The Balaban J connectivity index is 2.39. The van der Waals surface area contributed by atoms with E-state index in [0.29, 0.717) is 16.6 Å². The fraction of sp³-hybridized carbons (Fsp3) is 0.375. The van der Waals surface area contributed by atoms with Gasteiger partial charge < -0.3 is 25.2 Å². The number of phenolic OH excluding ortho intramolecular Hbond substituents is 1. The minimum atomic E-state index is -0.654. The molecule has 0 spiro atoms. The number of aromatic hydroxyl groups is 1. The third-order valence-electron chi connectivity index (χ3n) is 3.44. The van der Waals surface area contributed by atoms with Crippen molar-refractivity contribution in [3.63, 3.8) is 0 Å². The molecule has 2 unspecified atom stereocenters. The highest BCUT2D eigenvalue weighted by atomic mass is 32.1. The number of carbonyl (C=O) groups is 1. The lowest BCUT2D eigenvalue weighted by Crippen LogP contribution is -2.51. The van der Waals surface area contributed by atoms with Gasteiger partial charge in [0.1, 0.15) is 5.92 Å². The van der Waals surface area contributed by atoms with Crippen molar-refractivity contribution in [3.8, 4) is 11.5 Å². The van der Waals surface area contributed by atoms with E-state index in [2.05, 4.69) is 17.2 Å². The first kappa shape index (κ1) is 17.1. The molecule has 0 aliphatic carbocycles. The van der Waals surface area contributed by atoms with Crippen LogP contribution in [0, 0.1) is 5.92 Å². The van der Waals surface area contributed by atoms with E-state index in [4.69, 9.17) is 21.7 Å². The Morgan fingerprint density at radius 3 is 2.74 bits per heavy atom. The van der Waals surface area contributed by atoms with Crippen LogP contribution in [0.15, 0.2) is 30.5 Å². The van der Waals surface area contributed by atoms with E-state index in [9.17, 15) is 9.90 Å². The van der Waals surface area contributed by atoms with Gasteiger partial charge in [0.25, 0.3) is 0 Å². The largest absolute Gasteiger partial charge is 0.504 e. The molecule has 124 valence electrons. The Morgan fingerprint density at radius 1 is 1.43 bits per heavy atom. The Labute approximate surface area is 140 Å². The van der Waals surface area contributed by atoms with Crippen molar-refractivity contribution in [2.45, 2.75) is 26.0 Å². The summed E-state index contributed by atoms with van der Waals surface area (Å²) >= 11 is 5.16. The monoisotopic (exact) mass is 336 g/mol. The molecule has 2 atom stereocenters. The van der Waals surface area contributed by atoms with Gasteiger partial charge in [0.05, 0.1) is 19.3 Å². The molecule has 0 bridgehead atoms. The normalized spacial score (nSPS) is 20.7. The van der Waals surface area contributed by atoms with E-state index in [0.717, 1.165) is 5.56 Å². The number of benzene rings is 1. The maximum Gasteiger partial charge on any atom is 0.317 e. The first-order valence-corrected chi connectivity index (χ1v) is 7.58. The highest BCUT2D eigenvalue weighted by Crippen LogP contribution is 2.35. The van der Waals surface area contributed by atoms with Gasteiger partial charge in [-0.2, -0.15) is 0 Å². The Kier molecular flexibility index (Phi) is 5.10. The second-order valence-corrected chi connectivity index (χ2v) is 5.90. The van der Waals surface area contributed by atoms with Crippen molar-refractivity contribution in [1.82, 2.24) is 10.6 Å². The molecule has 1 aliphatic rings. The molecule has 2 rings (SSSR count). The average Bonchev–Trinajstić information content (AvgIpc) is 2.45. The number of rotatable bonds is 4. The molecule has 3 N–H and O–H groups in total. The van der Waals surface area contributed by atoms with Crippen LogP contribution < -0.4 is 15.4 Å². The molecule has 0 radical (unpaired) electrons. The van der Waals surface area contributed by atoms with Crippen LogP contribution >= 0.6 is 12.2 Å². The van der Waals surface area contributed by atoms with Crippen LogP contribution in [0.4, 0.5) is 0 Å². The average molecular weight is 336 g/mol. The number of ether oxygens (including phenoxy) is 2. The van der Waals surface area contributed by atoms with E-state index in [1.807, 2.05) is 0 Å². The van der Waals surface area contributed by atoms with Gasteiger partial charge in [-0.05, 0) is 43.8 Å². The minimum absolute atomic E-state index is 0.0212. The predicted molar refractivity (Wildman–Crippen MR) is 90.1 cm³/mol. The van der Waals surface area contributed by atoms with Crippen molar-refractivity contribution >= 4 is 23.3 Å². The summed E-state index contributed by atoms with van der Waals surface area (Å²) in [5.74, 6) is -0.717. The van der Waals surface area contributed by atoms with Crippen LogP contribution in [0.5, 0.6) is 11.5 Å². The first-order chi connectivity index (χ1) is 10.8. The fourth-order valence-corrected chi connectivity index (χ4v) is 2.69. The van der Waals surface area contributed by atoms with E-state index in [-0.39, 0.29) is 11.9 Å². The van der Waals surface area contributed by atoms with Crippen LogP contribution in [-0.2, 0) is 9.53 Å². The van der Waals surface area contributed by atoms with Gasteiger partial charge in [0, 0.05) is 5.70 Å². The molecule has 0 aromatic heterocycles. The number of methoxy groups -OCH3 is 1. The zero-order valence-electron chi connectivity index (χ0n) is 13.3. The molecule has 1 saturated heterocycles. The highest BCUT2D eigenvalue weighted by molar-refractivity contribution is 7.80. The third-order valence-corrected chi connectivity index (χ3v) is 3.66. The number of esters is 1. The first-order valence-electron chi connectivity index (χ1n) is 7.17. The summed E-state index contributed by atoms with van der Waals surface area (Å²) in [4.78, 5) is 12.4. The number of thiocarbonyl (C=S) groups is 1. The van der Waals surface area contributed by atoms with Crippen molar-refractivity contribution in [1.29, 1.82) is 0 Å². The quantitative estimate of drug-likeness (QED) is 0.573. The Bertz CT molecular complexity index is 645. The number of nitrogens with one attached hydrogen (secondary N) is 2. The van der Waals surface area contributed by atoms with Crippen LogP contribution in [0.25, 0.3) is 0 Å². The molecule has 0 saturated carbocycles. The fourth-order valence-electron chi connectivity index (χ4n) is 2.43. The molecular weight excluding hydrogens is 316 g/mol. The minimum Gasteiger partial charge on any atom is -0.504 e. The summed E-state index contributed by atoms with van der Waals surface area (Å²) in [6.45, 7) is 7.46. The van der Waals surface area contributed by atoms with Crippen molar-refractivity contribution in [3.05, 3.63) is 36.0 Å². The van der Waals surface area contributed by atoms with E-state index >= 15 is 0 Å². The molecule has 7 heteroatoms. The van der Waals surface area contributed by atoms with Crippen molar-refractivity contribution < 1.29 is 19.4 Å². The summed E-state index contributed by atoms with van der Waals surface area (Å²) in [6.07, 6.45) is -0.237. The summed E-state index contributed by atoms with van der Waals surface area (Å²) in [5, 5.41) is 16.0. The van der Waals surface area contributed by atoms with Crippen LogP contribution in [0.2, 0.25) is 0 Å². The molecule has 1 aliphatic heterocycles. The lowest BCUT2D eigenvalue weighted by Gasteiger charge is -2.35. The van der Waals surface area contributed by atoms with Crippen molar-refractivity contribution in [2.75, 3.05) is 7.11 Å². The van der Waals surface area contributed by atoms with Gasteiger partial charge in [-0.3, -0.25) is 4.79 Å². The van der Waals surface area contributed by atoms with Gasteiger partial charge >= 0.3 is 5.97 Å². The Morgan fingerprint density at radius 2 is 2.13 bits per heavy atom. The maximum atomic E-state index is 12.4. The van der Waals surface area contributed by atoms with Gasteiger partial charge in [0.2, 0.25) is 0 Å². The van der Waals surface area contributed by atoms with Gasteiger partial charge in [-0.15, -0.1) is 0 Å². The van der Waals surface area contributed by atoms with Crippen molar-refractivity contribution in [2.24, 2.45) is 5.92 Å². The van der Waals surface area contributed by atoms with E-state index in [1.54, 1.807) is 26.0 Å². The molecular formula is C16H20N2O4S. The summed E-state index contributed by atoms with van der Waals surface area (Å²) in [5.41, 5.74) is 1.20. The standard InChI is InChI=1S/C16H20N2O4S/c1-8(2)22-15(20)13-9(3)17-16(23)18-14(13)10-5-6-11(19)12(7-10)21-4/h5-8,13-14,19H,3H2,1-2,4H3,(H2,17,18,23). The van der Waals surface area contributed by atoms with Gasteiger partial charge in [-0.1, -0.05) is 12.6 Å². The SMILES string of the molecule is C=C1NC(=S)NC(c2ccc(O)c(OC)c2)C1C(=O)OC(C)C. The van der Waals surface area contributed by atoms with Gasteiger partial charge in [0.15, 0.2) is 16.6 Å². The van der Waals surface area contributed by atoms with E-state index in [1.165, 1.54) is 13.2 Å². The smallest absolute Gasteiger partial charge is 0.317 e. The molecule has 23 heavy (non-hydrogen) atoms. The molecule has 1 aromatic rings. The molecule has 6 nitrogen and oxygen atoms in total. The summed E-state index contributed by atoms with van der Waals surface area (Å²) < 4.78 is 10.4. The van der Waals surface area contributed by atoms with Crippen LogP contribution in [-0.4, -0.2) is 29.4 Å². The predicted octanol–water partition coefficient (Wildman–Crippen LogP) is 2.00. The lowest BCUT2D eigenvalue weighted by molar-refractivity contribution is -0.152. The Hall–Kier alpha value is -2.28. The number of hydrogen-bond donors (Lipinski definition) is 3. The second-order valence-electron chi connectivity index (χ2n) is 5.50. The molecule has 1 heterocycles.